The molecule has 5 rings (SSSR count). The number of nitrogens with zero attached hydrogens (tertiary/aromatic N) is 4. The summed E-state index contributed by atoms with van der Waals surface area (Å²) in [5.74, 6) is 1.20. The van der Waals surface area contributed by atoms with E-state index in [0.29, 0.717) is 30.1 Å². The quantitative estimate of drug-likeness (QED) is 0.511. The first-order valence-corrected chi connectivity index (χ1v) is 10.4. The maximum atomic E-state index is 12.5. The van der Waals surface area contributed by atoms with E-state index in [1.165, 1.54) is 0 Å². The van der Waals surface area contributed by atoms with Crippen molar-refractivity contribution in [3.8, 4) is 5.75 Å². The number of benzene rings is 2. The number of anilines is 2. The van der Waals surface area contributed by atoms with E-state index in [1.807, 2.05) is 77.3 Å². The first-order valence-electron chi connectivity index (χ1n) is 10.4. The lowest BCUT2D eigenvalue weighted by Crippen LogP contribution is -2.40. The van der Waals surface area contributed by atoms with E-state index in [1.54, 1.807) is 4.90 Å². The smallest absolute Gasteiger partial charge is 0.265 e. The Balaban J connectivity index is 1.19. The fourth-order valence-electron chi connectivity index (χ4n) is 3.74. The number of pyridine rings is 1. The number of rotatable bonds is 6. The summed E-state index contributed by atoms with van der Waals surface area (Å²) >= 11 is 0. The van der Waals surface area contributed by atoms with Gasteiger partial charge in [0.2, 0.25) is 5.91 Å². The molecule has 1 aliphatic rings. The third-order valence-corrected chi connectivity index (χ3v) is 5.35. The highest BCUT2D eigenvalue weighted by atomic mass is 16.5. The number of carbonyl (C=O) groups is 2. The number of hydrogen-bond donors (Lipinski definition) is 1. The Kier molecular flexibility index (Phi) is 5.25. The second kappa shape index (κ2) is 8.50. The van der Waals surface area contributed by atoms with Crippen LogP contribution in [0, 0.1) is 0 Å². The van der Waals surface area contributed by atoms with Crippen LogP contribution in [0.2, 0.25) is 0 Å². The Bertz CT molecular complexity index is 1280. The zero-order valence-electron chi connectivity index (χ0n) is 17.3. The Morgan fingerprint density at radius 1 is 1.00 bits per heavy atom. The van der Waals surface area contributed by atoms with Crippen LogP contribution in [0.5, 0.6) is 5.75 Å². The van der Waals surface area contributed by atoms with Gasteiger partial charge in [-0.15, -0.1) is 10.2 Å². The summed E-state index contributed by atoms with van der Waals surface area (Å²) in [6.45, 7) is 0.282. The molecule has 8 heteroatoms. The molecule has 0 fully saturated rings. The van der Waals surface area contributed by atoms with Crippen molar-refractivity contribution in [2.45, 2.75) is 12.8 Å². The van der Waals surface area contributed by atoms with Gasteiger partial charge < -0.3 is 15.0 Å². The second-order valence-electron chi connectivity index (χ2n) is 7.52. The van der Waals surface area contributed by atoms with Crippen LogP contribution in [0.3, 0.4) is 0 Å². The highest BCUT2D eigenvalue weighted by Crippen LogP contribution is 2.31. The molecule has 0 radical (unpaired) electrons. The molecule has 0 aliphatic carbocycles. The average molecular weight is 427 g/mol. The lowest BCUT2D eigenvalue weighted by molar-refractivity contribution is -0.121. The number of para-hydroxylation sites is 2. The van der Waals surface area contributed by atoms with Crippen molar-refractivity contribution < 1.29 is 14.3 Å². The molecule has 160 valence electrons. The Hall–Kier alpha value is -4.20. The molecule has 8 nitrogen and oxygen atoms in total. The monoisotopic (exact) mass is 427 g/mol. The molecule has 2 amide bonds. The Labute approximate surface area is 184 Å². The largest absolute Gasteiger partial charge is 0.482 e. The van der Waals surface area contributed by atoms with Gasteiger partial charge in [0.15, 0.2) is 12.3 Å². The van der Waals surface area contributed by atoms with Gasteiger partial charge in [0.25, 0.3) is 5.91 Å². The molecular weight excluding hydrogens is 406 g/mol. The summed E-state index contributed by atoms with van der Waals surface area (Å²) in [6.07, 6.45) is 2.77. The molecule has 32 heavy (non-hydrogen) atoms. The maximum Gasteiger partial charge on any atom is 0.265 e. The number of amides is 2. The van der Waals surface area contributed by atoms with Gasteiger partial charge in [-0.05, 0) is 42.0 Å². The zero-order valence-corrected chi connectivity index (χ0v) is 17.3. The van der Waals surface area contributed by atoms with Gasteiger partial charge >= 0.3 is 0 Å². The van der Waals surface area contributed by atoms with E-state index >= 15 is 0 Å². The van der Waals surface area contributed by atoms with Gasteiger partial charge in [-0.3, -0.25) is 14.0 Å². The van der Waals surface area contributed by atoms with Crippen LogP contribution < -0.4 is 15.0 Å². The van der Waals surface area contributed by atoms with Crippen molar-refractivity contribution in [2.75, 3.05) is 23.4 Å². The number of ether oxygens (including phenoxy) is 1. The van der Waals surface area contributed by atoms with Crippen molar-refractivity contribution in [3.63, 3.8) is 0 Å². The zero-order chi connectivity index (χ0) is 21.9. The van der Waals surface area contributed by atoms with Gasteiger partial charge in [0.1, 0.15) is 11.6 Å². The van der Waals surface area contributed by atoms with E-state index in [2.05, 4.69) is 15.5 Å². The minimum Gasteiger partial charge on any atom is -0.482 e. The average Bonchev–Trinajstić information content (AvgIpc) is 3.22. The first kappa shape index (κ1) is 19.7. The second-order valence-corrected chi connectivity index (χ2v) is 7.52. The fraction of sp³-hybridized carbons (Fsp3) is 0.167. The SMILES string of the molecule is O=C(CCN1C(=O)COc2ccccc21)Nc1ccc(Cc2nnc3ccccn23)cc1. The predicted octanol–water partition coefficient (Wildman–Crippen LogP) is 3.07. The van der Waals surface area contributed by atoms with E-state index in [4.69, 9.17) is 4.74 Å². The summed E-state index contributed by atoms with van der Waals surface area (Å²) in [5, 5.41) is 11.3. The minimum atomic E-state index is -0.155. The van der Waals surface area contributed by atoms with Crippen molar-refractivity contribution in [1.29, 1.82) is 0 Å². The number of aromatic nitrogens is 3. The lowest BCUT2D eigenvalue weighted by Gasteiger charge is -2.29. The summed E-state index contributed by atoms with van der Waals surface area (Å²) < 4.78 is 7.40. The third kappa shape index (κ3) is 4.02. The van der Waals surface area contributed by atoms with Gasteiger partial charge in [0.05, 0.1) is 5.69 Å². The van der Waals surface area contributed by atoms with Crippen molar-refractivity contribution in [3.05, 3.63) is 84.3 Å². The number of carbonyl (C=O) groups excluding carboxylic acids is 2. The molecule has 0 saturated heterocycles. The Morgan fingerprint density at radius 3 is 2.69 bits per heavy atom. The van der Waals surface area contributed by atoms with Crippen LogP contribution in [-0.2, 0) is 16.0 Å². The normalized spacial score (nSPS) is 13.0. The molecule has 1 N–H and O–H groups in total. The molecule has 0 saturated carbocycles. The van der Waals surface area contributed by atoms with Gasteiger partial charge in [-0.2, -0.15) is 0 Å². The van der Waals surface area contributed by atoms with Crippen LogP contribution in [0.15, 0.2) is 72.9 Å². The van der Waals surface area contributed by atoms with Gasteiger partial charge in [-0.25, -0.2) is 0 Å². The summed E-state index contributed by atoms with van der Waals surface area (Å²) in [4.78, 5) is 26.3. The van der Waals surface area contributed by atoms with E-state index in [-0.39, 0.29) is 24.8 Å². The summed E-state index contributed by atoms with van der Waals surface area (Å²) in [5.41, 5.74) is 3.28. The topological polar surface area (TPSA) is 88.8 Å². The highest BCUT2D eigenvalue weighted by Gasteiger charge is 2.25. The maximum absolute atomic E-state index is 12.5. The molecule has 4 aromatic rings. The molecule has 0 bridgehead atoms. The minimum absolute atomic E-state index is 0.0125. The number of hydrogen-bond acceptors (Lipinski definition) is 5. The molecule has 3 heterocycles. The van der Waals surface area contributed by atoms with Crippen molar-refractivity contribution in [1.82, 2.24) is 14.6 Å². The Morgan fingerprint density at radius 2 is 1.81 bits per heavy atom. The highest BCUT2D eigenvalue weighted by molar-refractivity contribution is 5.99. The first-order chi connectivity index (χ1) is 15.7. The van der Waals surface area contributed by atoms with Crippen LogP contribution in [0.4, 0.5) is 11.4 Å². The predicted molar refractivity (Wildman–Crippen MR) is 120 cm³/mol. The van der Waals surface area contributed by atoms with Gasteiger partial charge in [-0.1, -0.05) is 30.3 Å². The lowest BCUT2D eigenvalue weighted by atomic mass is 10.1. The number of nitrogens with one attached hydrogen (secondary N) is 1. The molecular formula is C24H21N5O3. The van der Waals surface area contributed by atoms with Crippen LogP contribution in [0.1, 0.15) is 17.8 Å². The van der Waals surface area contributed by atoms with Crippen molar-refractivity contribution in [2.24, 2.45) is 0 Å². The third-order valence-electron chi connectivity index (χ3n) is 5.35. The van der Waals surface area contributed by atoms with Gasteiger partial charge in [0, 0.05) is 31.3 Å². The van der Waals surface area contributed by atoms with Crippen LogP contribution in [-0.4, -0.2) is 39.6 Å². The van der Waals surface area contributed by atoms with E-state index < -0.39 is 0 Å². The van der Waals surface area contributed by atoms with E-state index in [9.17, 15) is 9.59 Å². The molecule has 0 unspecified atom stereocenters. The summed E-state index contributed by atoms with van der Waals surface area (Å²) in [7, 11) is 0. The van der Waals surface area contributed by atoms with Crippen LogP contribution >= 0.6 is 0 Å². The van der Waals surface area contributed by atoms with Crippen LogP contribution in [0.25, 0.3) is 5.65 Å². The summed E-state index contributed by atoms with van der Waals surface area (Å²) in [6, 6.07) is 20.8. The number of fused-ring (bicyclic) bond motifs is 2. The standard InChI is InChI=1S/C24H21N5O3/c30-23(12-14-28-19-5-1-2-6-20(19)32-16-24(28)31)25-18-10-8-17(9-11-18)15-22-27-26-21-7-3-4-13-29(21)22/h1-11,13H,12,14-16H2,(H,25,30). The molecule has 1 aliphatic heterocycles. The van der Waals surface area contributed by atoms with Crippen molar-refractivity contribution >= 4 is 28.8 Å². The molecule has 0 spiro atoms. The molecule has 2 aromatic carbocycles. The van der Waals surface area contributed by atoms with E-state index in [0.717, 1.165) is 17.0 Å². The molecule has 2 aromatic heterocycles. The molecule has 0 atom stereocenters. The fourth-order valence-corrected chi connectivity index (χ4v) is 3.74.